The maximum absolute atomic E-state index is 2.34. The molecule has 0 aliphatic heterocycles. The first kappa shape index (κ1) is 9.09. The maximum atomic E-state index is 2.34. The van der Waals surface area contributed by atoms with Gasteiger partial charge in [0.1, 0.15) is 0 Å². The fraction of sp³-hybridized carbons (Fsp3) is 1.00. The van der Waals surface area contributed by atoms with Gasteiger partial charge in [-0.05, 0) is 11.8 Å². The molecule has 0 heteroatoms. The van der Waals surface area contributed by atoms with Crippen molar-refractivity contribution in [2.45, 2.75) is 58.8 Å². The molecule has 0 bridgehead atoms. The summed E-state index contributed by atoms with van der Waals surface area (Å²) in [5.41, 5.74) is 0. The van der Waals surface area contributed by atoms with Gasteiger partial charge in [0, 0.05) is 0 Å². The Morgan fingerprint density at radius 3 is 1.64 bits per heavy atom. The molecule has 2 atom stereocenters. The van der Waals surface area contributed by atoms with Gasteiger partial charge in [0.2, 0.25) is 0 Å². The molecule has 0 spiro atoms. The molecule has 1 rings (SSSR count). The summed E-state index contributed by atoms with van der Waals surface area (Å²) < 4.78 is 0. The first-order valence-electron chi connectivity index (χ1n) is 5.36. The van der Waals surface area contributed by atoms with E-state index >= 15 is 0 Å². The molecule has 0 aromatic carbocycles. The molecule has 0 aromatic rings. The summed E-state index contributed by atoms with van der Waals surface area (Å²) in [7, 11) is 0. The molecule has 0 nitrogen and oxygen atoms in total. The summed E-state index contributed by atoms with van der Waals surface area (Å²) >= 11 is 0. The van der Waals surface area contributed by atoms with Gasteiger partial charge < -0.3 is 0 Å². The third-order valence-electron chi connectivity index (χ3n) is 3.36. The summed E-state index contributed by atoms with van der Waals surface area (Å²) in [6, 6.07) is 0. The zero-order valence-electron chi connectivity index (χ0n) is 8.10. The van der Waals surface area contributed by atoms with Crippen molar-refractivity contribution in [1.29, 1.82) is 0 Å². The van der Waals surface area contributed by atoms with Crippen LogP contribution in [-0.4, -0.2) is 0 Å². The van der Waals surface area contributed by atoms with E-state index in [0.717, 1.165) is 11.8 Å². The molecule has 0 N–H and O–H groups in total. The third-order valence-corrected chi connectivity index (χ3v) is 3.36. The Morgan fingerprint density at radius 1 is 0.818 bits per heavy atom. The minimum atomic E-state index is 1.06. The van der Waals surface area contributed by atoms with E-state index in [1.807, 2.05) is 0 Å². The molecule has 1 aliphatic rings. The molecule has 1 saturated carbocycles. The molecule has 0 aromatic heterocycles. The van der Waals surface area contributed by atoms with Crippen LogP contribution >= 0.6 is 0 Å². The van der Waals surface area contributed by atoms with E-state index in [1.165, 1.54) is 44.9 Å². The summed E-state index contributed by atoms with van der Waals surface area (Å²) in [6.07, 6.45) is 10.4. The molecule has 0 radical (unpaired) electrons. The lowest BCUT2D eigenvalue weighted by molar-refractivity contribution is 0.415. The normalized spacial score (nSPS) is 33.3. The van der Waals surface area contributed by atoms with Crippen LogP contribution in [0.25, 0.3) is 0 Å². The van der Waals surface area contributed by atoms with Crippen molar-refractivity contribution in [3.8, 4) is 0 Å². The van der Waals surface area contributed by atoms with Crippen LogP contribution in [-0.2, 0) is 0 Å². The highest BCUT2D eigenvalue weighted by molar-refractivity contribution is 4.68. The minimum Gasteiger partial charge on any atom is -0.0651 e. The maximum Gasteiger partial charge on any atom is -0.0417 e. The van der Waals surface area contributed by atoms with Crippen LogP contribution in [0.2, 0.25) is 0 Å². The standard InChI is InChI=1S/C11H22/c1-3-10-6-5-7-11(4-2)9-8-10/h10-11H,3-9H2,1-2H3. The molecule has 0 amide bonds. The largest absolute Gasteiger partial charge is 0.0651 e. The van der Waals surface area contributed by atoms with Gasteiger partial charge in [-0.2, -0.15) is 0 Å². The fourth-order valence-corrected chi connectivity index (χ4v) is 2.27. The van der Waals surface area contributed by atoms with E-state index in [9.17, 15) is 0 Å². The van der Waals surface area contributed by atoms with Gasteiger partial charge in [-0.3, -0.25) is 0 Å². The minimum absolute atomic E-state index is 1.06. The Hall–Kier alpha value is 0. The molecule has 1 aliphatic carbocycles. The van der Waals surface area contributed by atoms with Crippen LogP contribution < -0.4 is 0 Å². The van der Waals surface area contributed by atoms with Crippen LogP contribution in [0.5, 0.6) is 0 Å². The van der Waals surface area contributed by atoms with Crippen LogP contribution in [0.3, 0.4) is 0 Å². The zero-order valence-corrected chi connectivity index (χ0v) is 8.10. The first-order valence-corrected chi connectivity index (χ1v) is 5.36. The molecular weight excluding hydrogens is 132 g/mol. The van der Waals surface area contributed by atoms with E-state index in [1.54, 1.807) is 0 Å². The Kier molecular flexibility index (Phi) is 3.96. The molecule has 2 unspecified atom stereocenters. The predicted octanol–water partition coefficient (Wildman–Crippen LogP) is 4.00. The highest BCUT2D eigenvalue weighted by Crippen LogP contribution is 2.30. The second-order valence-electron chi connectivity index (χ2n) is 4.06. The topological polar surface area (TPSA) is 0 Å². The van der Waals surface area contributed by atoms with Crippen LogP contribution in [0.1, 0.15) is 58.8 Å². The van der Waals surface area contributed by atoms with Crippen LogP contribution in [0.4, 0.5) is 0 Å². The zero-order chi connectivity index (χ0) is 8.10. The summed E-state index contributed by atoms with van der Waals surface area (Å²) in [5.74, 6) is 2.12. The van der Waals surface area contributed by atoms with E-state index in [-0.39, 0.29) is 0 Å². The molecule has 66 valence electrons. The number of rotatable bonds is 2. The summed E-state index contributed by atoms with van der Waals surface area (Å²) in [5, 5.41) is 0. The summed E-state index contributed by atoms with van der Waals surface area (Å²) in [6.45, 7) is 4.69. The highest BCUT2D eigenvalue weighted by atomic mass is 14.2. The molecule has 0 heterocycles. The fourth-order valence-electron chi connectivity index (χ4n) is 2.27. The second kappa shape index (κ2) is 4.79. The van der Waals surface area contributed by atoms with E-state index in [0.29, 0.717) is 0 Å². The van der Waals surface area contributed by atoms with E-state index in [2.05, 4.69) is 13.8 Å². The predicted molar refractivity (Wildman–Crippen MR) is 50.6 cm³/mol. The van der Waals surface area contributed by atoms with Gasteiger partial charge in [0.25, 0.3) is 0 Å². The van der Waals surface area contributed by atoms with Gasteiger partial charge in [-0.25, -0.2) is 0 Å². The monoisotopic (exact) mass is 154 g/mol. The lowest BCUT2D eigenvalue weighted by Crippen LogP contribution is -1.97. The van der Waals surface area contributed by atoms with Gasteiger partial charge in [0.15, 0.2) is 0 Å². The van der Waals surface area contributed by atoms with Gasteiger partial charge in [-0.15, -0.1) is 0 Å². The van der Waals surface area contributed by atoms with Crippen molar-refractivity contribution >= 4 is 0 Å². The van der Waals surface area contributed by atoms with Gasteiger partial charge in [0.05, 0.1) is 0 Å². The van der Waals surface area contributed by atoms with Crippen LogP contribution in [0, 0.1) is 11.8 Å². The van der Waals surface area contributed by atoms with Crippen LogP contribution in [0.15, 0.2) is 0 Å². The molecule has 11 heavy (non-hydrogen) atoms. The Labute approximate surface area is 71.4 Å². The van der Waals surface area contributed by atoms with Gasteiger partial charge in [-0.1, -0.05) is 58.8 Å². The molecule has 0 saturated heterocycles. The van der Waals surface area contributed by atoms with Crippen molar-refractivity contribution in [3.05, 3.63) is 0 Å². The first-order chi connectivity index (χ1) is 5.36. The Bertz CT molecular complexity index is 84.2. The average Bonchev–Trinajstić information content (AvgIpc) is 2.28. The second-order valence-corrected chi connectivity index (χ2v) is 4.06. The van der Waals surface area contributed by atoms with Crippen molar-refractivity contribution in [1.82, 2.24) is 0 Å². The molecule has 1 fully saturated rings. The molecular formula is C11H22. The number of hydrogen-bond donors (Lipinski definition) is 0. The lowest BCUT2D eigenvalue weighted by atomic mass is 9.95. The van der Waals surface area contributed by atoms with Crippen molar-refractivity contribution in [2.24, 2.45) is 11.8 Å². The van der Waals surface area contributed by atoms with E-state index in [4.69, 9.17) is 0 Å². The smallest absolute Gasteiger partial charge is 0.0417 e. The van der Waals surface area contributed by atoms with E-state index < -0.39 is 0 Å². The van der Waals surface area contributed by atoms with Crippen molar-refractivity contribution in [2.75, 3.05) is 0 Å². The summed E-state index contributed by atoms with van der Waals surface area (Å²) in [4.78, 5) is 0. The third kappa shape index (κ3) is 2.84. The average molecular weight is 154 g/mol. The van der Waals surface area contributed by atoms with Gasteiger partial charge >= 0.3 is 0 Å². The van der Waals surface area contributed by atoms with Crippen molar-refractivity contribution < 1.29 is 0 Å². The van der Waals surface area contributed by atoms with Crippen molar-refractivity contribution in [3.63, 3.8) is 0 Å². The Balaban J connectivity index is 2.27. The number of hydrogen-bond acceptors (Lipinski definition) is 0. The Morgan fingerprint density at radius 2 is 1.27 bits per heavy atom. The lowest BCUT2D eigenvalue weighted by Gasteiger charge is -2.11. The SMILES string of the molecule is CCC1CCCC(CC)CC1. The quantitative estimate of drug-likeness (QED) is 0.527. The highest BCUT2D eigenvalue weighted by Gasteiger charge is 2.15.